The molecule has 0 aliphatic rings. The topological polar surface area (TPSA) is 86.4 Å². The standard InChI is InChI=1S/C26H24BrN3O4/c1-17-23(13-14-28-26(31)19-5-9-21(10-6-19)30(32)33)24-15-22(34-2)11-12-25(24)29(17)16-18-3-7-20(27)8-4-18/h3-12,15H,13-14,16H2,1-2H3,(H,28,31). The van der Waals surface area contributed by atoms with Crippen molar-refractivity contribution in [2.24, 2.45) is 0 Å². The first kappa shape index (κ1) is 23.5. The number of carbonyl (C=O) groups excluding carboxylic acids is 1. The molecule has 0 spiro atoms. The van der Waals surface area contributed by atoms with Gasteiger partial charge in [-0.15, -0.1) is 0 Å². The number of halogens is 1. The fourth-order valence-electron chi connectivity index (χ4n) is 4.09. The Morgan fingerprint density at radius 3 is 2.44 bits per heavy atom. The van der Waals surface area contributed by atoms with Gasteiger partial charge in [0.2, 0.25) is 0 Å². The molecule has 8 heteroatoms. The van der Waals surface area contributed by atoms with E-state index in [0.717, 1.165) is 38.9 Å². The number of carbonyl (C=O) groups is 1. The second kappa shape index (κ2) is 10.1. The predicted octanol–water partition coefficient (Wildman–Crippen LogP) is 5.65. The number of benzene rings is 3. The molecule has 0 aliphatic heterocycles. The minimum Gasteiger partial charge on any atom is -0.497 e. The van der Waals surface area contributed by atoms with Crippen LogP contribution in [0.4, 0.5) is 5.69 Å². The second-order valence-electron chi connectivity index (χ2n) is 7.97. The Labute approximate surface area is 205 Å². The summed E-state index contributed by atoms with van der Waals surface area (Å²) in [5.41, 5.74) is 4.93. The van der Waals surface area contributed by atoms with Crippen molar-refractivity contribution in [2.75, 3.05) is 13.7 Å². The fourth-order valence-corrected chi connectivity index (χ4v) is 4.35. The van der Waals surface area contributed by atoms with Crippen LogP contribution in [0.3, 0.4) is 0 Å². The number of nitro benzene ring substituents is 1. The number of methoxy groups -OCH3 is 1. The minimum absolute atomic E-state index is 0.0419. The lowest BCUT2D eigenvalue weighted by Crippen LogP contribution is -2.25. The molecule has 0 fully saturated rings. The molecule has 1 heterocycles. The van der Waals surface area contributed by atoms with E-state index in [4.69, 9.17) is 4.74 Å². The number of aromatic nitrogens is 1. The Morgan fingerprint density at radius 2 is 1.79 bits per heavy atom. The first-order valence-corrected chi connectivity index (χ1v) is 11.6. The number of nitrogens with zero attached hydrogens (tertiary/aromatic N) is 2. The van der Waals surface area contributed by atoms with Crippen LogP contribution >= 0.6 is 15.9 Å². The largest absolute Gasteiger partial charge is 0.497 e. The molecule has 0 radical (unpaired) electrons. The molecular weight excluding hydrogens is 498 g/mol. The highest BCUT2D eigenvalue weighted by atomic mass is 79.9. The monoisotopic (exact) mass is 521 g/mol. The molecule has 0 saturated carbocycles. The zero-order valence-corrected chi connectivity index (χ0v) is 20.5. The summed E-state index contributed by atoms with van der Waals surface area (Å²) in [5, 5.41) is 14.8. The van der Waals surface area contributed by atoms with Gasteiger partial charge in [-0.1, -0.05) is 28.1 Å². The van der Waals surface area contributed by atoms with Crippen LogP contribution in [0.5, 0.6) is 5.75 Å². The fraction of sp³-hybridized carbons (Fsp3) is 0.192. The summed E-state index contributed by atoms with van der Waals surface area (Å²) < 4.78 is 8.78. The molecular formula is C26H24BrN3O4. The van der Waals surface area contributed by atoms with E-state index in [2.05, 4.69) is 50.9 Å². The zero-order chi connectivity index (χ0) is 24.2. The lowest BCUT2D eigenvalue weighted by atomic mass is 10.1. The average Bonchev–Trinajstić information content (AvgIpc) is 3.10. The minimum atomic E-state index is -0.483. The SMILES string of the molecule is COc1ccc2c(c1)c(CCNC(=O)c1ccc([N+](=O)[O-])cc1)c(C)n2Cc1ccc(Br)cc1. The van der Waals surface area contributed by atoms with Crippen molar-refractivity contribution < 1.29 is 14.5 Å². The van der Waals surface area contributed by atoms with E-state index in [1.54, 1.807) is 7.11 Å². The van der Waals surface area contributed by atoms with Gasteiger partial charge < -0.3 is 14.6 Å². The van der Waals surface area contributed by atoms with Crippen molar-refractivity contribution in [3.63, 3.8) is 0 Å². The molecule has 4 aromatic rings. The van der Waals surface area contributed by atoms with Gasteiger partial charge in [-0.05, 0) is 66.9 Å². The van der Waals surface area contributed by atoms with Gasteiger partial charge in [-0.3, -0.25) is 14.9 Å². The number of nitrogens with one attached hydrogen (secondary N) is 1. The highest BCUT2D eigenvalue weighted by Gasteiger charge is 2.16. The van der Waals surface area contributed by atoms with Crippen molar-refractivity contribution >= 4 is 38.4 Å². The summed E-state index contributed by atoms with van der Waals surface area (Å²) in [6.07, 6.45) is 0.640. The third kappa shape index (κ3) is 4.97. The molecule has 34 heavy (non-hydrogen) atoms. The van der Waals surface area contributed by atoms with E-state index in [9.17, 15) is 14.9 Å². The molecule has 0 aliphatic carbocycles. The first-order valence-electron chi connectivity index (χ1n) is 10.8. The van der Waals surface area contributed by atoms with Gasteiger partial charge >= 0.3 is 0 Å². The summed E-state index contributed by atoms with van der Waals surface area (Å²) in [6, 6.07) is 19.9. The summed E-state index contributed by atoms with van der Waals surface area (Å²) in [4.78, 5) is 22.9. The van der Waals surface area contributed by atoms with Crippen LogP contribution in [0.2, 0.25) is 0 Å². The van der Waals surface area contributed by atoms with Crippen LogP contribution < -0.4 is 10.1 Å². The smallest absolute Gasteiger partial charge is 0.269 e. The number of non-ortho nitro benzene ring substituents is 1. The quantitative estimate of drug-likeness (QED) is 0.239. The molecule has 0 atom stereocenters. The third-order valence-electron chi connectivity index (χ3n) is 5.92. The highest BCUT2D eigenvalue weighted by molar-refractivity contribution is 9.10. The molecule has 7 nitrogen and oxygen atoms in total. The number of hydrogen-bond donors (Lipinski definition) is 1. The maximum atomic E-state index is 12.5. The van der Waals surface area contributed by atoms with E-state index in [1.807, 2.05) is 24.3 Å². The Hall–Kier alpha value is -3.65. The van der Waals surface area contributed by atoms with Crippen LogP contribution in [-0.4, -0.2) is 29.1 Å². The van der Waals surface area contributed by atoms with E-state index in [-0.39, 0.29) is 11.6 Å². The van der Waals surface area contributed by atoms with Gasteiger partial charge in [0.15, 0.2) is 0 Å². The van der Waals surface area contributed by atoms with Crippen molar-refractivity contribution in [1.29, 1.82) is 0 Å². The Bertz CT molecular complexity index is 1350. The normalized spacial score (nSPS) is 10.9. The molecule has 0 saturated heterocycles. The number of hydrogen-bond acceptors (Lipinski definition) is 4. The van der Waals surface area contributed by atoms with E-state index in [0.29, 0.717) is 18.5 Å². The van der Waals surface area contributed by atoms with Crippen LogP contribution in [0, 0.1) is 17.0 Å². The van der Waals surface area contributed by atoms with Crippen LogP contribution in [0.1, 0.15) is 27.2 Å². The third-order valence-corrected chi connectivity index (χ3v) is 6.44. The molecule has 1 aromatic heterocycles. The maximum Gasteiger partial charge on any atom is 0.269 e. The molecule has 0 unspecified atom stereocenters. The molecule has 1 N–H and O–H groups in total. The number of rotatable bonds is 8. The van der Waals surface area contributed by atoms with Crippen LogP contribution in [-0.2, 0) is 13.0 Å². The number of fused-ring (bicyclic) bond motifs is 1. The molecule has 174 valence electrons. The number of nitro groups is 1. The lowest BCUT2D eigenvalue weighted by Gasteiger charge is -2.10. The lowest BCUT2D eigenvalue weighted by molar-refractivity contribution is -0.384. The van der Waals surface area contributed by atoms with Crippen molar-refractivity contribution in [1.82, 2.24) is 9.88 Å². The Kier molecular flexibility index (Phi) is 6.98. The van der Waals surface area contributed by atoms with Gasteiger partial charge in [-0.2, -0.15) is 0 Å². The summed E-state index contributed by atoms with van der Waals surface area (Å²) in [5.74, 6) is 0.521. The van der Waals surface area contributed by atoms with Gasteiger partial charge in [0.1, 0.15) is 5.75 Å². The highest BCUT2D eigenvalue weighted by Crippen LogP contribution is 2.30. The predicted molar refractivity (Wildman–Crippen MR) is 136 cm³/mol. The molecule has 3 aromatic carbocycles. The van der Waals surface area contributed by atoms with Crippen molar-refractivity contribution in [3.8, 4) is 5.75 Å². The summed E-state index contributed by atoms with van der Waals surface area (Å²) in [6.45, 7) is 3.27. The zero-order valence-electron chi connectivity index (χ0n) is 18.9. The first-order chi connectivity index (χ1) is 16.4. The Balaban J connectivity index is 1.56. The van der Waals surface area contributed by atoms with Gasteiger partial charge in [0.05, 0.1) is 12.0 Å². The van der Waals surface area contributed by atoms with E-state index in [1.165, 1.54) is 29.8 Å². The second-order valence-corrected chi connectivity index (χ2v) is 8.89. The van der Waals surface area contributed by atoms with Gasteiger partial charge in [-0.25, -0.2) is 0 Å². The number of ether oxygens (including phenoxy) is 1. The molecule has 1 amide bonds. The maximum absolute atomic E-state index is 12.5. The summed E-state index contributed by atoms with van der Waals surface area (Å²) >= 11 is 3.49. The van der Waals surface area contributed by atoms with Crippen molar-refractivity contribution in [2.45, 2.75) is 19.9 Å². The average molecular weight is 522 g/mol. The van der Waals surface area contributed by atoms with Crippen molar-refractivity contribution in [3.05, 3.63) is 104 Å². The number of amides is 1. The molecule has 0 bridgehead atoms. The van der Waals surface area contributed by atoms with Gasteiger partial charge in [0, 0.05) is 51.9 Å². The molecule has 4 rings (SSSR count). The van der Waals surface area contributed by atoms with Gasteiger partial charge in [0.25, 0.3) is 11.6 Å². The summed E-state index contributed by atoms with van der Waals surface area (Å²) in [7, 11) is 1.65. The Morgan fingerprint density at radius 1 is 1.09 bits per heavy atom. The van der Waals surface area contributed by atoms with Crippen LogP contribution in [0.25, 0.3) is 10.9 Å². The van der Waals surface area contributed by atoms with E-state index >= 15 is 0 Å². The van der Waals surface area contributed by atoms with E-state index < -0.39 is 4.92 Å². The van der Waals surface area contributed by atoms with Crippen LogP contribution in [0.15, 0.2) is 71.2 Å².